The van der Waals surface area contributed by atoms with Crippen LogP contribution in [0.2, 0.25) is 10.0 Å². The third kappa shape index (κ3) is 8.69. The summed E-state index contributed by atoms with van der Waals surface area (Å²) >= 11 is 11.6. The Bertz CT molecular complexity index is 2890. The third-order valence-electron chi connectivity index (χ3n) is 7.87. The molecule has 6 rings (SSSR count). The van der Waals surface area contributed by atoms with E-state index in [0.717, 1.165) is 48.5 Å². The van der Waals surface area contributed by atoms with E-state index in [-0.39, 0.29) is 54.3 Å². The van der Waals surface area contributed by atoms with Crippen molar-refractivity contribution in [1.82, 2.24) is 0 Å². The second-order valence-electron chi connectivity index (χ2n) is 11.8. The second kappa shape index (κ2) is 14.6. The summed E-state index contributed by atoms with van der Waals surface area (Å²) in [4.78, 5) is 10.7. The summed E-state index contributed by atoms with van der Waals surface area (Å²) in [6.07, 6.45) is 0. The van der Waals surface area contributed by atoms with Crippen molar-refractivity contribution in [3.63, 3.8) is 0 Å². The summed E-state index contributed by atoms with van der Waals surface area (Å²) in [6.45, 7) is 0. The van der Waals surface area contributed by atoms with Gasteiger partial charge < -0.3 is 20.8 Å². The maximum Gasteiger partial charge on any atom is 0.323 e. The minimum atomic E-state index is -4.79. The zero-order valence-corrected chi connectivity index (χ0v) is 32.4. The van der Waals surface area contributed by atoms with Crippen molar-refractivity contribution in [2.75, 3.05) is 20.1 Å². The third-order valence-corrected chi connectivity index (χ3v) is 13.3. The first-order valence-corrected chi connectivity index (χ1v) is 21.8. The molecular weight excluding hydrogens is 860 g/mol. The molecule has 6 aromatic rings. The number of phenolic OH excluding ortho intramolecular Hbond substituents is 2. The SMILES string of the molecule is O=C(Nc1ccc2c(O)cc(S(=O)(=O)Nc3ccc(Cl)c(S(=O)(=O)O)c3)cc2c1)Nc1ccc2c(O)cc(S(=O)(=O)Nc3ccc(Cl)c(S(=O)(=O)O)c3)cc2c1. The minimum Gasteiger partial charge on any atom is -0.507 e. The van der Waals surface area contributed by atoms with Gasteiger partial charge in [-0.3, -0.25) is 18.5 Å². The maximum absolute atomic E-state index is 13.2. The monoisotopic (exact) mass is 882 g/mol. The van der Waals surface area contributed by atoms with E-state index in [4.69, 9.17) is 23.2 Å². The van der Waals surface area contributed by atoms with E-state index in [1.165, 1.54) is 48.5 Å². The number of carbonyl (C=O) groups is 1. The molecule has 23 heteroatoms. The van der Waals surface area contributed by atoms with Crippen molar-refractivity contribution in [2.24, 2.45) is 0 Å². The smallest absolute Gasteiger partial charge is 0.323 e. The van der Waals surface area contributed by atoms with Crippen LogP contribution < -0.4 is 20.1 Å². The number of anilines is 4. The van der Waals surface area contributed by atoms with Crippen molar-refractivity contribution in [3.05, 3.63) is 107 Å². The van der Waals surface area contributed by atoms with Gasteiger partial charge in [0.2, 0.25) is 0 Å². The van der Waals surface area contributed by atoms with E-state index in [1.54, 1.807) is 0 Å². The lowest BCUT2D eigenvalue weighted by molar-refractivity contribution is 0.262. The molecule has 0 aliphatic rings. The number of benzene rings is 6. The molecule has 6 aromatic carbocycles. The number of sulfonamides is 2. The van der Waals surface area contributed by atoms with Crippen LogP contribution in [0.3, 0.4) is 0 Å². The van der Waals surface area contributed by atoms with Crippen LogP contribution in [0.4, 0.5) is 27.5 Å². The Labute approximate surface area is 328 Å². The van der Waals surface area contributed by atoms with E-state index in [1.807, 2.05) is 0 Å². The zero-order valence-electron chi connectivity index (χ0n) is 27.6. The molecule has 0 atom stereocenters. The van der Waals surface area contributed by atoms with E-state index >= 15 is 0 Å². The lowest BCUT2D eigenvalue weighted by Gasteiger charge is -2.13. The topological polar surface area (TPSA) is 283 Å². The van der Waals surface area contributed by atoms with Gasteiger partial charge >= 0.3 is 6.03 Å². The van der Waals surface area contributed by atoms with E-state index < -0.39 is 77.4 Å². The number of nitrogens with one attached hydrogen (secondary N) is 4. The van der Waals surface area contributed by atoms with Crippen LogP contribution in [0.25, 0.3) is 21.5 Å². The first-order valence-electron chi connectivity index (χ1n) is 15.2. The number of phenols is 2. The van der Waals surface area contributed by atoms with Crippen molar-refractivity contribution in [2.45, 2.75) is 19.6 Å². The number of halogens is 2. The van der Waals surface area contributed by atoms with Crippen LogP contribution in [0.5, 0.6) is 11.5 Å². The first-order chi connectivity index (χ1) is 26.0. The summed E-state index contributed by atoms with van der Waals surface area (Å²) in [5.41, 5.74) is -0.238. The lowest BCUT2D eigenvalue weighted by atomic mass is 10.1. The Morgan fingerprint density at radius 3 is 1.20 bits per heavy atom. The van der Waals surface area contributed by atoms with Gasteiger partial charge in [0.05, 0.1) is 31.2 Å². The maximum atomic E-state index is 13.2. The predicted octanol–water partition coefficient (Wildman–Crippen LogP) is 6.45. The Hall–Kier alpha value is -5.39. The fraction of sp³-hybridized carbons (Fsp3) is 0. The molecule has 0 aromatic heterocycles. The largest absolute Gasteiger partial charge is 0.507 e. The van der Waals surface area contributed by atoms with E-state index in [0.29, 0.717) is 0 Å². The number of amides is 2. The van der Waals surface area contributed by atoms with Crippen molar-refractivity contribution < 1.29 is 57.8 Å². The molecule has 2 amide bonds. The minimum absolute atomic E-state index is 0.143. The highest BCUT2D eigenvalue weighted by atomic mass is 35.5. The van der Waals surface area contributed by atoms with Crippen molar-refractivity contribution in [1.29, 1.82) is 0 Å². The summed E-state index contributed by atoms with van der Waals surface area (Å²) in [5, 5.41) is 26.4. The summed E-state index contributed by atoms with van der Waals surface area (Å²) in [6, 6.07) is 17.9. The molecule has 17 nitrogen and oxygen atoms in total. The number of hydrogen-bond acceptors (Lipinski definition) is 11. The summed E-state index contributed by atoms with van der Waals surface area (Å²) in [7, 11) is -18.5. The van der Waals surface area contributed by atoms with Gasteiger partial charge in [-0.05, 0) is 95.7 Å². The molecule has 0 radical (unpaired) electrons. The number of hydrogen-bond donors (Lipinski definition) is 8. The van der Waals surface area contributed by atoms with Crippen LogP contribution >= 0.6 is 23.2 Å². The van der Waals surface area contributed by atoms with Crippen LogP contribution in [-0.2, 0) is 40.3 Å². The average molecular weight is 884 g/mol. The van der Waals surface area contributed by atoms with Gasteiger partial charge in [-0.2, -0.15) is 16.8 Å². The first kappa shape index (κ1) is 40.3. The number of fused-ring (bicyclic) bond motifs is 2. The van der Waals surface area contributed by atoms with Crippen molar-refractivity contribution in [3.8, 4) is 11.5 Å². The number of carbonyl (C=O) groups excluding carboxylic acids is 1. The zero-order chi connectivity index (χ0) is 41.0. The second-order valence-corrected chi connectivity index (χ2v) is 18.7. The fourth-order valence-corrected chi connectivity index (χ4v) is 9.57. The van der Waals surface area contributed by atoms with Gasteiger partial charge in [0.25, 0.3) is 40.3 Å². The normalized spacial score (nSPS) is 12.4. The summed E-state index contributed by atoms with van der Waals surface area (Å²) < 4.78 is 122. The Balaban J connectivity index is 1.22. The average Bonchev–Trinajstić information content (AvgIpc) is 3.08. The van der Waals surface area contributed by atoms with Crippen LogP contribution in [0.1, 0.15) is 0 Å². The molecule has 8 N–H and O–H groups in total. The molecule has 0 spiro atoms. The molecule has 0 saturated carbocycles. The molecule has 0 unspecified atom stereocenters. The number of urea groups is 1. The van der Waals surface area contributed by atoms with E-state index in [2.05, 4.69) is 20.1 Å². The molecule has 0 aliphatic heterocycles. The van der Waals surface area contributed by atoms with Gasteiger partial charge in [0.1, 0.15) is 21.3 Å². The molecule has 56 heavy (non-hydrogen) atoms. The van der Waals surface area contributed by atoms with E-state index in [9.17, 15) is 57.8 Å². The molecular formula is C33H24Cl2N4O13S4. The Morgan fingerprint density at radius 2 is 0.839 bits per heavy atom. The van der Waals surface area contributed by atoms with Crippen molar-refractivity contribution >= 4 is 114 Å². The van der Waals surface area contributed by atoms with Gasteiger partial charge in [-0.25, -0.2) is 21.6 Å². The van der Waals surface area contributed by atoms with Gasteiger partial charge in [-0.1, -0.05) is 23.2 Å². The molecule has 0 bridgehead atoms. The number of rotatable bonds is 10. The standard InChI is InChI=1S/C33H24Cl2N4O13S4/c34-27-7-3-21(13-31(27)55(47,48)49)38-53(43,44)23-11-17-9-19(1-5-25(17)29(40)15-23)36-33(42)37-20-2-6-26-18(10-20)12-24(16-30(26)41)54(45,46)39-22-4-8-28(35)32(14-22)56(50,51)52/h1-16,38-41H,(H2,36,37,42)(H,47,48,49)(H,50,51,52). The predicted molar refractivity (Wildman–Crippen MR) is 208 cm³/mol. The molecule has 292 valence electrons. The Kier molecular flexibility index (Phi) is 10.5. The molecule has 0 saturated heterocycles. The van der Waals surface area contributed by atoms with Gasteiger partial charge in [-0.15, -0.1) is 0 Å². The van der Waals surface area contributed by atoms with Crippen LogP contribution in [0, 0.1) is 0 Å². The highest BCUT2D eigenvalue weighted by Gasteiger charge is 2.23. The highest BCUT2D eigenvalue weighted by Crippen LogP contribution is 2.35. The highest BCUT2D eigenvalue weighted by molar-refractivity contribution is 7.93. The van der Waals surface area contributed by atoms with Crippen LogP contribution in [0.15, 0.2) is 117 Å². The van der Waals surface area contributed by atoms with Crippen LogP contribution in [-0.4, -0.2) is 59.0 Å². The summed E-state index contributed by atoms with van der Waals surface area (Å²) in [5.74, 6) is -0.888. The Morgan fingerprint density at radius 1 is 0.482 bits per heavy atom. The number of aromatic hydroxyl groups is 2. The van der Waals surface area contributed by atoms with Gasteiger partial charge in [0.15, 0.2) is 0 Å². The van der Waals surface area contributed by atoms with Gasteiger partial charge in [0, 0.05) is 34.3 Å². The molecule has 0 aliphatic carbocycles. The molecule has 0 heterocycles. The fourth-order valence-electron chi connectivity index (χ4n) is 5.36. The lowest BCUT2D eigenvalue weighted by Crippen LogP contribution is -2.19. The quantitative estimate of drug-likeness (QED) is 0.0688. The molecule has 0 fully saturated rings.